The lowest BCUT2D eigenvalue weighted by Gasteiger charge is -2.15. The molecule has 2 aromatic heterocycles. The summed E-state index contributed by atoms with van der Waals surface area (Å²) in [6.07, 6.45) is 1.70. The molecule has 4 aromatic rings. The Balaban J connectivity index is 1.75. The predicted molar refractivity (Wildman–Crippen MR) is 111 cm³/mol. The molecule has 7 heteroatoms. The third-order valence-corrected chi connectivity index (χ3v) is 4.61. The maximum Gasteiger partial charge on any atom is 0.203 e. The first kappa shape index (κ1) is 18.6. The summed E-state index contributed by atoms with van der Waals surface area (Å²) in [5.74, 6) is 1.96. The summed E-state index contributed by atoms with van der Waals surface area (Å²) in [4.78, 5) is 7.77. The first-order valence-electron chi connectivity index (χ1n) is 8.93. The minimum absolute atomic E-state index is 0.282. The summed E-state index contributed by atoms with van der Waals surface area (Å²) < 4.78 is 29.8. The van der Waals surface area contributed by atoms with Gasteiger partial charge in [0.1, 0.15) is 11.6 Å². The second-order valence-corrected chi connectivity index (χ2v) is 6.35. The van der Waals surface area contributed by atoms with Gasteiger partial charge in [0, 0.05) is 40.7 Å². The van der Waals surface area contributed by atoms with Crippen LogP contribution in [-0.2, 0) is 0 Å². The molecule has 0 saturated heterocycles. The zero-order valence-corrected chi connectivity index (χ0v) is 16.2. The van der Waals surface area contributed by atoms with E-state index >= 15 is 0 Å². The number of hydrogen-bond acceptors (Lipinski definition) is 5. The number of nitrogens with one attached hydrogen (secondary N) is 2. The predicted octanol–water partition coefficient (Wildman–Crippen LogP) is 5.14. The van der Waals surface area contributed by atoms with Gasteiger partial charge in [0.25, 0.3) is 0 Å². The Hall–Kier alpha value is -3.74. The molecule has 4 rings (SSSR count). The van der Waals surface area contributed by atoms with Gasteiger partial charge in [-0.1, -0.05) is 12.1 Å². The van der Waals surface area contributed by atoms with Gasteiger partial charge in [-0.05, 0) is 24.3 Å². The smallest absolute Gasteiger partial charge is 0.203 e. The van der Waals surface area contributed by atoms with Crippen LogP contribution in [-0.4, -0.2) is 31.3 Å². The Morgan fingerprint density at radius 3 is 2.34 bits per heavy atom. The number of anilines is 2. The van der Waals surface area contributed by atoms with Crippen LogP contribution in [0.1, 0.15) is 0 Å². The minimum Gasteiger partial charge on any atom is -0.493 e. The summed E-state index contributed by atoms with van der Waals surface area (Å²) >= 11 is 0. The van der Waals surface area contributed by atoms with Crippen LogP contribution in [0.25, 0.3) is 22.2 Å². The number of nitrogens with zero attached hydrogens (tertiary/aromatic N) is 1. The van der Waals surface area contributed by atoms with E-state index in [0.717, 1.165) is 27.8 Å². The van der Waals surface area contributed by atoms with Gasteiger partial charge < -0.3 is 24.5 Å². The molecule has 6 nitrogen and oxygen atoms in total. The minimum atomic E-state index is -0.282. The van der Waals surface area contributed by atoms with Crippen LogP contribution in [0, 0.1) is 5.82 Å². The van der Waals surface area contributed by atoms with Crippen LogP contribution >= 0.6 is 0 Å². The summed E-state index contributed by atoms with van der Waals surface area (Å²) in [5.41, 5.74) is 3.18. The van der Waals surface area contributed by atoms with E-state index in [1.165, 1.54) is 12.1 Å². The van der Waals surface area contributed by atoms with Crippen molar-refractivity contribution in [2.45, 2.75) is 0 Å². The standard InChI is InChI=1S/C22H20FN3O3/c1-27-19-10-15(11-20(28-2)21(19)29-3)25-22-16-12-18(26-17(16)7-8-24-22)13-5-4-6-14(23)9-13/h4-12,26H,1-3H3,(H,24,25). The van der Waals surface area contributed by atoms with Crippen molar-refractivity contribution in [3.05, 3.63) is 60.5 Å². The second-order valence-electron chi connectivity index (χ2n) is 6.35. The van der Waals surface area contributed by atoms with Gasteiger partial charge in [0.2, 0.25) is 5.75 Å². The molecule has 0 spiro atoms. The average Bonchev–Trinajstić information content (AvgIpc) is 3.18. The molecule has 0 amide bonds. The number of fused-ring (bicyclic) bond motifs is 1. The lowest BCUT2D eigenvalue weighted by Crippen LogP contribution is -1.99. The maximum absolute atomic E-state index is 13.6. The highest BCUT2D eigenvalue weighted by atomic mass is 19.1. The average molecular weight is 393 g/mol. The van der Waals surface area contributed by atoms with E-state index in [4.69, 9.17) is 14.2 Å². The number of benzene rings is 2. The van der Waals surface area contributed by atoms with Crippen LogP contribution in [0.5, 0.6) is 17.2 Å². The molecule has 2 aromatic carbocycles. The third-order valence-electron chi connectivity index (χ3n) is 4.61. The highest BCUT2D eigenvalue weighted by molar-refractivity contribution is 5.95. The first-order chi connectivity index (χ1) is 14.1. The molecule has 29 heavy (non-hydrogen) atoms. The summed E-state index contributed by atoms with van der Waals surface area (Å²) in [6.45, 7) is 0. The molecule has 2 N–H and O–H groups in total. The van der Waals surface area contributed by atoms with Crippen molar-refractivity contribution in [3.8, 4) is 28.5 Å². The van der Waals surface area contributed by atoms with Gasteiger partial charge in [-0.15, -0.1) is 0 Å². The van der Waals surface area contributed by atoms with Crippen LogP contribution in [0.3, 0.4) is 0 Å². The van der Waals surface area contributed by atoms with Crippen molar-refractivity contribution in [1.82, 2.24) is 9.97 Å². The number of halogens is 1. The van der Waals surface area contributed by atoms with Crippen LogP contribution in [0.15, 0.2) is 54.7 Å². The van der Waals surface area contributed by atoms with Crippen molar-refractivity contribution in [2.24, 2.45) is 0 Å². The Bertz CT molecular complexity index is 1150. The topological polar surface area (TPSA) is 68.4 Å². The van der Waals surface area contributed by atoms with E-state index < -0.39 is 0 Å². The fourth-order valence-corrected chi connectivity index (χ4v) is 3.25. The van der Waals surface area contributed by atoms with Crippen molar-refractivity contribution < 1.29 is 18.6 Å². The second kappa shape index (κ2) is 7.71. The van der Waals surface area contributed by atoms with Gasteiger partial charge in [-0.3, -0.25) is 0 Å². The van der Waals surface area contributed by atoms with Crippen molar-refractivity contribution >= 4 is 22.4 Å². The molecule has 0 radical (unpaired) electrons. The number of methoxy groups -OCH3 is 3. The third kappa shape index (κ3) is 3.54. The van der Waals surface area contributed by atoms with Gasteiger partial charge in [0.15, 0.2) is 11.5 Å². The number of H-pyrrole nitrogens is 1. The molecule has 0 aliphatic heterocycles. The summed E-state index contributed by atoms with van der Waals surface area (Å²) in [5, 5.41) is 4.18. The molecule has 0 bridgehead atoms. The van der Waals surface area contributed by atoms with Gasteiger partial charge in [0.05, 0.1) is 26.8 Å². The molecule has 148 valence electrons. The number of ether oxygens (including phenoxy) is 3. The largest absolute Gasteiger partial charge is 0.493 e. The Kier molecular flexibility index (Phi) is 4.95. The molecule has 0 saturated carbocycles. The Morgan fingerprint density at radius 1 is 0.931 bits per heavy atom. The molecule has 0 unspecified atom stereocenters. The molecule has 2 heterocycles. The number of hydrogen-bond donors (Lipinski definition) is 2. The Labute approximate surface area is 167 Å². The summed E-state index contributed by atoms with van der Waals surface area (Å²) in [7, 11) is 4.69. The van der Waals surface area contributed by atoms with Gasteiger partial charge in [-0.25, -0.2) is 9.37 Å². The number of aromatic amines is 1. The number of pyridine rings is 1. The van der Waals surface area contributed by atoms with Crippen LogP contribution < -0.4 is 19.5 Å². The summed E-state index contributed by atoms with van der Waals surface area (Å²) in [6, 6.07) is 13.9. The number of rotatable bonds is 6. The molecule has 0 atom stereocenters. The van der Waals surface area contributed by atoms with Crippen LogP contribution in [0.2, 0.25) is 0 Å². The quantitative estimate of drug-likeness (QED) is 0.475. The fraction of sp³-hybridized carbons (Fsp3) is 0.136. The highest BCUT2D eigenvalue weighted by Gasteiger charge is 2.15. The van der Waals surface area contributed by atoms with E-state index in [1.54, 1.807) is 33.6 Å². The lowest BCUT2D eigenvalue weighted by atomic mass is 10.1. The zero-order chi connectivity index (χ0) is 20.4. The molecular weight excluding hydrogens is 373 g/mol. The lowest BCUT2D eigenvalue weighted by molar-refractivity contribution is 0.324. The SMILES string of the molecule is COc1cc(Nc2nccc3[nH]c(-c4cccc(F)c4)cc23)cc(OC)c1OC. The zero-order valence-electron chi connectivity index (χ0n) is 16.2. The molecule has 0 fully saturated rings. The number of aromatic nitrogens is 2. The van der Waals surface area contributed by atoms with E-state index in [-0.39, 0.29) is 5.82 Å². The normalized spacial score (nSPS) is 10.8. The Morgan fingerprint density at radius 2 is 1.69 bits per heavy atom. The fourth-order valence-electron chi connectivity index (χ4n) is 3.25. The van der Waals surface area contributed by atoms with E-state index in [1.807, 2.05) is 30.3 Å². The van der Waals surface area contributed by atoms with Gasteiger partial charge in [-0.2, -0.15) is 0 Å². The van der Waals surface area contributed by atoms with Crippen molar-refractivity contribution in [1.29, 1.82) is 0 Å². The first-order valence-corrected chi connectivity index (χ1v) is 8.93. The van der Waals surface area contributed by atoms with E-state index in [0.29, 0.717) is 23.1 Å². The molecular formula is C22H20FN3O3. The monoisotopic (exact) mass is 393 g/mol. The van der Waals surface area contributed by atoms with Crippen molar-refractivity contribution in [3.63, 3.8) is 0 Å². The van der Waals surface area contributed by atoms with E-state index in [2.05, 4.69) is 15.3 Å². The van der Waals surface area contributed by atoms with Crippen LogP contribution in [0.4, 0.5) is 15.9 Å². The van der Waals surface area contributed by atoms with Crippen molar-refractivity contribution in [2.75, 3.05) is 26.6 Å². The maximum atomic E-state index is 13.6. The highest BCUT2D eigenvalue weighted by Crippen LogP contribution is 2.41. The van der Waals surface area contributed by atoms with E-state index in [9.17, 15) is 4.39 Å². The molecule has 0 aliphatic carbocycles. The molecule has 0 aliphatic rings. The van der Waals surface area contributed by atoms with Gasteiger partial charge >= 0.3 is 0 Å².